The zero-order chi connectivity index (χ0) is 13.7. The molecule has 4 heteroatoms. The van der Waals surface area contributed by atoms with E-state index in [-0.39, 0.29) is 5.91 Å². The molecule has 1 heterocycles. The van der Waals surface area contributed by atoms with Crippen molar-refractivity contribution in [3.8, 4) is 10.6 Å². The normalized spacial score (nSPS) is 10.4. The fourth-order valence-electron chi connectivity index (χ4n) is 1.87. The Bertz CT molecular complexity index is 537. The molecule has 0 radical (unpaired) electrons. The Hall–Kier alpha value is -1.68. The molecule has 0 aliphatic rings. The van der Waals surface area contributed by atoms with E-state index in [4.69, 9.17) is 0 Å². The van der Waals surface area contributed by atoms with E-state index in [1.54, 1.807) is 22.4 Å². The highest BCUT2D eigenvalue weighted by molar-refractivity contribution is 7.13. The summed E-state index contributed by atoms with van der Waals surface area (Å²) in [7, 11) is 1.86. The molecule has 100 valence electrons. The van der Waals surface area contributed by atoms with E-state index in [1.807, 2.05) is 36.7 Å². The van der Waals surface area contributed by atoms with Gasteiger partial charge in [0.2, 0.25) is 0 Å². The number of hydrogen-bond acceptors (Lipinski definition) is 3. The summed E-state index contributed by atoms with van der Waals surface area (Å²) in [6.45, 7) is 2.93. The van der Waals surface area contributed by atoms with Gasteiger partial charge in [-0.2, -0.15) is 0 Å². The zero-order valence-corrected chi connectivity index (χ0v) is 12.1. The standard InChI is InChI=1S/C15H18N2OS/c1-3-4-9-17(2)15(18)13-7-5-6-12(11-13)14-16-8-10-19-14/h5-8,10-11H,3-4,9H2,1-2H3. The minimum Gasteiger partial charge on any atom is -0.342 e. The Morgan fingerprint density at radius 1 is 1.42 bits per heavy atom. The Morgan fingerprint density at radius 3 is 2.95 bits per heavy atom. The van der Waals surface area contributed by atoms with Crippen molar-refractivity contribution >= 4 is 17.2 Å². The number of unbranched alkanes of at least 4 members (excludes halogenated alkanes) is 1. The van der Waals surface area contributed by atoms with Crippen molar-refractivity contribution in [2.24, 2.45) is 0 Å². The molecule has 0 bridgehead atoms. The Morgan fingerprint density at radius 2 is 2.26 bits per heavy atom. The van der Waals surface area contributed by atoms with Gasteiger partial charge in [0.15, 0.2) is 0 Å². The summed E-state index contributed by atoms with van der Waals surface area (Å²) >= 11 is 1.58. The van der Waals surface area contributed by atoms with Crippen LogP contribution in [0.3, 0.4) is 0 Å². The molecule has 0 N–H and O–H groups in total. The molecule has 0 saturated heterocycles. The second-order valence-corrected chi connectivity index (χ2v) is 5.39. The number of rotatable bonds is 5. The molecular formula is C15H18N2OS. The number of nitrogens with zero attached hydrogens (tertiary/aromatic N) is 2. The molecule has 19 heavy (non-hydrogen) atoms. The lowest BCUT2D eigenvalue weighted by atomic mass is 10.1. The number of thiazole rings is 1. The number of hydrogen-bond donors (Lipinski definition) is 0. The van der Waals surface area contributed by atoms with Crippen LogP contribution in [-0.4, -0.2) is 29.4 Å². The maximum Gasteiger partial charge on any atom is 0.253 e. The van der Waals surface area contributed by atoms with Gasteiger partial charge < -0.3 is 4.90 Å². The van der Waals surface area contributed by atoms with Gasteiger partial charge in [0.05, 0.1) is 0 Å². The fourth-order valence-corrected chi connectivity index (χ4v) is 2.50. The topological polar surface area (TPSA) is 33.2 Å². The molecule has 2 aromatic rings. The average molecular weight is 274 g/mol. The third-order valence-corrected chi connectivity index (χ3v) is 3.80. The van der Waals surface area contributed by atoms with Crippen molar-refractivity contribution < 1.29 is 4.79 Å². The maximum atomic E-state index is 12.3. The smallest absolute Gasteiger partial charge is 0.253 e. The van der Waals surface area contributed by atoms with E-state index in [9.17, 15) is 4.79 Å². The van der Waals surface area contributed by atoms with Crippen molar-refractivity contribution in [2.75, 3.05) is 13.6 Å². The maximum absolute atomic E-state index is 12.3. The first kappa shape index (κ1) is 13.7. The Kier molecular flexibility index (Phi) is 4.68. The summed E-state index contributed by atoms with van der Waals surface area (Å²) in [6, 6.07) is 7.69. The largest absolute Gasteiger partial charge is 0.342 e. The first-order valence-electron chi connectivity index (χ1n) is 6.47. The monoisotopic (exact) mass is 274 g/mol. The molecule has 1 amide bonds. The van der Waals surface area contributed by atoms with Crippen LogP contribution in [0, 0.1) is 0 Å². The van der Waals surface area contributed by atoms with Crippen molar-refractivity contribution in [3.63, 3.8) is 0 Å². The van der Waals surface area contributed by atoms with Gasteiger partial charge >= 0.3 is 0 Å². The lowest BCUT2D eigenvalue weighted by molar-refractivity contribution is 0.0793. The third kappa shape index (κ3) is 3.41. The van der Waals surface area contributed by atoms with Crippen LogP contribution in [0.25, 0.3) is 10.6 Å². The van der Waals surface area contributed by atoms with Gasteiger partial charge in [0.25, 0.3) is 5.91 Å². The molecule has 2 rings (SSSR count). The van der Waals surface area contributed by atoms with Crippen LogP contribution >= 0.6 is 11.3 Å². The summed E-state index contributed by atoms with van der Waals surface area (Å²) in [5.41, 5.74) is 1.73. The van der Waals surface area contributed by atoms with Crippen molar-refractivity contribution in [1.29, 1.82) is 0 Å². The van der Waals surface area contributed by atoms with E-state index in [0.29, 0.717) is 0 Å². The van der Waals surface area contributed by atoms with Crippen LogP contribution in [0.15, 0.2) is 35.8 Å². The SMILES string of the molecule is CCCCN(C)C(=O)c1cccc(-c2nccs2)c1. The predicted molar refractivity (Wildman–Crippen MR) is 79.4 cm³/mol. The van der Waals surface area contributed by atoms with E-state index in [0.717, 1.165) is 35.5 Å². The second-order valence-electron chi connectivity index (χ2n) is 4.50. The third-order valence-electron chi connectivity index (χ3n) is 2.98. The number of amides is 1. The van der Waals surface area contributed by atoms with Crippen LogP contribution in [0.2, 0.25) is 0 Å². The molecule has 0 unspecified atom stereocenters. The van der Waals surface area contributed by atoms with Crippen LogP contribution in [-0.2, 0) is 0 Å². The molecule has 0 atom stereocenters. The van der Waals surface area contributed by atoms with Gasteiger partial charge in [-0.05, 0) is 18.6 Å². The summed E-state index contributed by atoms with van der Waals surface area (Å²) < 4.78 is 0. The lowest BCUT2D eigenvalue weighted by Crippen LogP contribution is -2.27. The summed E-state index contributed by atoms with van der Waals surface area (Å²) in [5.74, 6) is 0.0758. The van der Waals surface area contributed by atoms with Crippen molar-refractivity contribution in [2.45, 2.75) is 19.8 Å². The van der Waals surface area contributed by atoms with Crippen LogP contribution in [0.5, 0.6) is 0 Å². The van der Waals surface area contributed by atoms with Gasteiger partial charge in [-0.25, -0.2) is 4.98 Å². The highest BCUT2D eigenvalue weighted by atomic mass is 32.1. The van der Waals surface area contributed by atoms with Crippen LogP contribution in [0.4, 0.5) is 0 Å². The number of aromatic nitrogens is 1. The second kappa shape index (κ2) is 6.48. The quantitative estimate of drug-likeness (QED) is 0.833. The number of carbonyl (C=O) groups excluding carboxylic acids is 1. The number of benzene rings is 1. The van der Waals surface area contributed by atoms with Crippen LogP contribution < -0.4 is 0 Å². The average Bonchev–Trinajstić information content (AvgIpc) is 2.98. The molecule has 1 aromatic heterocycles. The molecule has 1 aromatic carbocycles. The van der Waals surface area contributed by atoms with Crippen molar-refractivity contribution in [3.05, 3.63) is 41.4 Å². The van der Waals surface area contributed by atoms with Gasteiger partial charge in [-0.15, -0.1) is 11.3 Å². The van der Waals surface area contributed by atoms with Gasteiger partial charge in [0.1, 0.15) is 5.01 Å². The minimum absolute atomic E-state index is 0.0758. The molecule has 0 saturated carbocycles. The van der Waals surface area contributed by atoms with Gasteiger partial charge in [-0.3, -0.25) is 4.79 Å². The van der Waals surface area contributed by atoms with E-state index >= 15 is 0 Å². The summed E-state index contributed by atoms with van der Waals surface area (Å²) in [6.07, 6.45) is 3.91. The molecule has 0 fully saturated rings. The van der Waals surface area contributed by atoms with E-state index in [1.165, 1.54) is 0 Å². The Balaban J connectivity index is 2.17. The number of carbonyl (C=O) groups is 1. The summed E-state index contributed by atoms with van der Waals surface area (Å²) in [5, 5.41) is 2.89. The first-order valence-corrected chi connectivity index (χ1v) is 7.35. The van der Waals surface area contributed by atoms with Crippen LogP contribution in [0.1, 0.15) is 30.1 Å². The Labute approximate surface area is 117 Å². The first-order chi connectivity index (χ1) is 9.22. The minimum atomic E-state index is 0.0758. The molecule has 0 aliphatic carbocycles. The van der Waals surface area contributed by atoms with Crippen molar-refractivity contribution in [1.82, 2.24) is 9.88 Å². The van der Waals surface area contributed by atoms with E-state index < -0.39 is 0 Å². The predicted octanol–water partition coefficient (Wildman–Crippen LogP) is 3.68. The highest BCUT2D eigenvalue weighted by Crippen LogP contribution is 2.22. The fraction of sp³-hybridized carbons (Fsp3) is 0.333. The lowest BCUT2D eigenvalue weighted by Gasteiger charge is -2.17. The molecule has 3 nitrogen and oxygen atoms in total. The highest BCUT2D eigenvalue weighted by Gasteiger charge is 2.12. The molecule has 0 aliphatic heterocycles. The van der Waals surface area contributed by atoms with Gasteiger partial charge in [-0.1, -0.05) is 25.5 Å². The molecular weight excluding hydrogens is 256 g/mol. The van der Waals surface area contributed by atoms with E-state index in [2.05, 4.69) is 11.9 Å². The van der Waals surface area contributed by atoms with Gasteiger partial charge in [0, 0.05) is 36.3 Å². The summed E-state index contributed by atoms with van der Waals surface area (Å²) in [4.78, 5) is 18.3. The molecule has 0 spiro atoms. The zero-order valence-electron chi connectivity index (χ0n) is 11.3.